The third kappa shape index (κ3) is 3.28. The van der Waals surface area contributed by atoms with Gasteiger partial charge in [0, 0.05) is 17.8 Å². The lowest BCUT2D eigenvalue weighted by atomic mass is 10.1. The smallest absolute Gasteiger partial charge is 0.123 e. The van der Waals surface area contributed by atoms with Crippen LogP contribution in [0.1, 0.15) is 22.3 Å². The SMILES string of the molecule is COc1ccc(C)cc1CNc1cc(C)ccc1C. The Morgan fingerprint density at radius 2 is 1.63 bits per heavy atom. The summed E-state index contributed by atoms with van der Waals surface area (Å²) in [4.78, 5) is 0. The molecule has 2 rings (SSSR count). The van der Waals surface area contributed by atoms with E-state index in [0.29, 0.717) is 0 Å². The maximum absolute atomic E-state index is 5.40. The zero-order valence-electron chi connectivity index (χ0n) is 12.1. The highest BCUT2D eigenvalue weighted by Gasteiger charge is 2.04. The Balaban J connectivity index is 2.18. The van der Waals surface area contributed by atoms with Crippen molar-refractivity contribution in [2.45, 2.75) is 27.3 Å². The molecule has 0 saturated heterocycles. The van der Waals surface area contributed by atoms with Crippen LogP contribution in [0.5, 0.6) is 5.75 Å². The van der Waals surface area contributed by atoms with Gasteiger partial charge in [-0.1, -0.05) is 29.8 Å². The summed E-state index contributed by atoms with van der Waals surface area (Å²) in [5.41, 5.74) is 6.15. The van der Waals surface area contributed by atoms with Crippen molar-refractivity contribution in [1.82, 2.24) is 0 Å². The highest BCUT2D eigenvalue weighted by atomic mass is 16.5. The average Bonchev–Trinajstić information content (AvgIpc) is 2.40. The van der Waals surface area contributed by atoms with Crippen molar-refractivity contribution >= 4 is 5.69 Å². The lowest BCUT2D eigenvalue weighted by Gasteiger charge is -2.13. The van der Waals surface area contributed by atoms with E-state index in [0.717, 1.165) is 12.3 Å². The number of rotatable bonds is 4. The van der Waals surface area contributed by atoms with Crippen LogP contribution >= 0.6 is 0 Å². The van der Waals surface area contributed by atoms with E-state index in [1.165, 1.54) is 27.9 Å². The first-order chi connectivity index (χ1) is 9.10. The lowest BCUT2D eigenvalue weighted by molar-refractivity contribution is 0.410. The molecule has 0 aliphatic carbocycles. The molecule has 0 heterocycles. The highest BCUT2D eigenvalue weighted by molar-refractivity contribution is 5.53. The van der Waals surface area contributed by atoms with E-state index >= 15 is 0 Å². The fourth-order valence-corrected chi connectivity index (χ4v) is 2.16. The van der Waals surface area contributed by atoms with Gasteiger partial charge in [0.1, 0.15) is 5.75 Å². The summed E-state index contributed by atoms with van der Waals surface area (Å²) in [6.45, 7) is 7.10. The summed E-state index contributed by atoms with van der Waals surface area (Å²) in [6, 6.07) is 12.7. The molecular weight excluding hydrogens is 234 g/mol. The van der Waals surface area contributed by atoms with Crippen molar-refractivity contribution < 1.29 is 4.74 Å². The third-order valence-electron chi connectivity index (χ3n) is 3.30. The number of ether oxygens (including phenoxy) is 1. The van der Waals surface area contributed by atoms with Gasteiger partial charge in [0.25, 0.3) is 0 Å². The summed E-state index contributed by atoms with van der Waals surface area (Å²) in [5.74, 6) is 0.934. The summed E-state index contributed by atoms with van der Waals surface area (Å²) in [5, 5.41) is 3.49. The summed E-state index contributed by atoms with van der Waals surface area (Å²) >= 11 is 0. The number of aryl methyl sites for hydroxylation is 3. The minimum atomic E-state index is 0.773. The third-order valence-corrected chi connectivity index (χ3v) is 3.30. The standard InChI is InChI=1S/C17H21NO/c1-12-6-8-17(19-4)15(9-12)11-18-16-10-13(2)5-7-14(16)3/h5-10,18H,11H2,1-4H3. The van der Waals surface area contributed by atoms with Gasteiger partial charge < -0.3 is 10.1 Å². The van der Waals surface area contributed by atoms with Crippen LogP contribution in [0, 0.1) is 20.8 Å². The van der Waals surface area contributed by atoms with Gasteiger partial charge in [-0.15, -0.1) is 0 Å². The minimum Gasteiger partial charge on any atom is -0.496 e. The summed E-state index contributed by atoms with van der Waals surface area (Å²) in [7, 11) is 1.71. The molecule has 2 aromatic carbocycles. The number of nitrogens with one attached hydrogen (secondary N) is 1. The monoisotopic (exact) mass is 255 g/mol. The normalized spacial score (nSPS) is 10.3. The predicted octanol–water partition coefficient (Wildman–Crippen LogP) is 4.23. The van der Waals surface area contributed by atoms with Gasteiger partial charge in [0.05, 0.1) is 7.11 Å². The van der Waals surface area contributed by atoms with Crippen molar-refractivity contribution in [3.05, 3.63) is 58.7 Å². The predicted molar refractivity (Wildman–Crippen MR) is 81.0 cm³/mol. The van der Waals surface area contributed by atoms with Gasteiger partial charge in [0.15, 0.2) is 0 Å². The van der Waals surface area contributed by atoms with Gasteiger partial charge in [-0.2, -0.15) is 0 Å². The van der Waals surface area contributed by atoms with E-state index in [2.05, 4.69) is 56.4 Å². The molecule has 0 radical (unpaired) electrons. The molecule has 0 atom stereocenters. The van der Waals surface area contributed by atoms with Gasteiger partial charge >= 0.3 is 0 Å². The second-order valence-corrected chi connectivity index (χ2v) is 4.99. The molecule has 2 heteroatoms. The molecule has 100 valence electrons. The zero-order valence-corrected chi connectivity index (χ0v) is 12.1. The summed E-state index contributed by atoms with van der Waals surface area (Å²) < 4.78 is 5.40. The fourth-order valence-electron chi connectivity index (χ4n) is 2.16. The van der Waals surface area contributed by atoms with Crippen molar-refractivity contribution in [3.63, 3.8) is 0 Å². The molecule has 0 aliphatic heterocycles. The average molecular weight is 255 g/mol. The number of benzene rings is 2. The maximum Gasteiger partial charge on any atom is 0.123 e. The van der Waals surface area contributed by atoms with Crippen molar-refractivity contribution in [3.8, 4) is 5.75 Å². The molecule has 0 saturated carbocycles. The van der Waals surface area contributed by atoms with Crippen LogP contribution in [0.15, 0.2) is 36.4 Å². The van der Waals surface area contributed by atoms with E-state index in [-0.39, 0.29) is 0 Å². The van der Waals surface area contributed by atoms with Gasteiger partial charge in [-0.3, -0.25) is 0 Å². The van der Waals surface area contributed by atoms with Crippen molar-refractivity contribution in [2.75, 3.05) is 12.4 Å². The van der Waals surface area contributed by atoms with Crippen LogP contribution in [0.25, 0.3) is 0 Å². The first-order valence-electron chi connectivity index (χ1n) is 6.55. The number of hydrogen-bond donors (Lipinski definition) is 1. The lowest BCUT2D eigenvalue weighted by Crippen LogP contribution is -2.03. The van der Waals surface area contributed by atoms with Crippen LogP contribution < -0.4 is 10.1 Å². The first-order valence-corrected chi connectivity index (χ1v) is 6.55. The molecule has 0 fully saturated rings. The first kappa shape index (κ1) is 13.5. The Kier molecular flexibility index (Phi) is 4.10. The van der Waals surface area contributed by atoms with E-state index in [1.54, 1.807) is 7.11 Å². The minimum absolute atomic E-state index is 0.773. The number of hydrogen-bond acceptors (Lipinski definition) is 2. The molecular formula is C17H21NO. The Morgan fingerprint density at radius 1 is 0.947 bits per heavy atom. The molecule has 0 amide bonds. The summed E-state index contributed by atoms with van der Waals surface area (Å²) in [6.07, 6.45) is 0. The molecule has 2 aromatic rings. The van der Waals surface area contributed by atoms with Crippen LogP contribution in [0.4, 0.5) is 5.69 Å². The van der Waals surface area contributed by atoms with E-state index < -0.39 is 0 Å². The molecule has 0 spiro atoms. The van der Waals surface area contributed by atoms with E-state index in [9.17, 15) is 0 Å². The topological polar surface area (TPSA) is 21.3 Å². The van der Waals surface area contributed by atoms with Crippen LogP contribution in [0.2, 0.25) is 0 Å². The molecule has 0 bridgehead atoms. The van der Waals surface area contributed by atoms with Crippen LogP contribution in [-0.4, -0.2) is 7.11 Å². The quantitative estimate of drug-likeness (QED) is 0.882. The zero-order chi connectivity index (χ0) is 13.8. The van der Waals surface area contributed by atoms with Crippen LogP contribution in [-0.2, 0) is 6.54 Å². The number of anilines is 1. The second kappa shape index (κ2) is 5.79. The van der Waals surface area contributed by atoms with Gasteiger partial charge in [0.2, 0.25) is 0 Å². The molecule has 1 N–H and O–H groups in total. The highest BCUT2D eigenvalue weighted by Crippen LogP contribution is 2.22. The van der Waals surface area contributed by atoms with E-state index in [1.807, 2.05) is 6.07 Å². The Morgan fingerprint density at radius 3 is 2.37 bits per heavy atom. The Labute approximate surface area is 115 Å². The largest absolute Gasteiger partial charge is 0.496 e. The molecule has 0 aromatic heterocycles. The maximum atomic E-state index is 5.40. The van der Waals surface area contributed by atoms with E-state index in [4.69, 9.17) is 4.74 Å². The van der Waals surface area contributed by atoms with Gasteiger partial charge in [-0.25, -0.2) is 0 Å². The molecule has 2 nitrogen and oxygen atoms in total. The fraction of sp³-hybridized carbons (Fsp3) is 0.294. The molecule has 0 aliphatic rings. The van der Waals surface area contributed by atoms with Crippen molar-refractivity contribution in [2.24, 2.45) is 0 Å². The van der Waals surface area contributed by atoms with Crippen LogP contribution in [0.3, 0.4) is 0 Å². The van der Waals surface area contributed by atoms with Crippen molar-refractivity contribution in [1.29, 1.82) is 0 Å². The Bertz CT molecular complexity index is 575. The number of methoxy groups -OCH3 is 1. The second-order valence-electron chi connectivity index (χ2n) is 4.99. The molecule has 0 unspecified atom stereocenters. The van der Waals surface area contributed by atoms with Gasteiger partial charge in [-0.05, 0) is 44.0 Å². The molecule has 19 heavy (non-hydrogen) atoms. The Hall–Kier alpha value is -1.96.